The fourth-order valence-corrected chi connectivity index (χ4v) is 3.19. The van der Waals surface area contributed by atoms with Crippen molar-refractivity contribution < 1.29 is 0 Å². The predicted octanol–water partition coefficient (Wildman–Crippen LogP) is 3.15. The molecule has 0 fully saturated rings. The number of rotatable bonds is 2. The van der Waals surface area contributed by atoms with Crippen molar-refractivity contribution in [2.75, 3.05) is 6.54 Å². The highest BCUT2D eigenvalue weighted by atomic mass is 35.5. The van der Waals surface area contributed by atoms with Gasteiger partial charge in [-0.15, -0.1) is 0 Å². The molecule has 1 aliphatic rings. The van der Waals surface area contributed by atoms with Gasteiger partial charge in [-0.25, -0.2) is 4.79 Å². The molecule has 0 saturated carbocycles. The van der Waals surface area contributed by atoms with Crippen molar-refractivity contribution in [1.29, 1.82) is 0 Å². The van der Waals surface area contributed by atoms with Crippen molar-refractivity contribution in [3.63, 3.8) is 0 Å². The van der Waals surface area contributed by atoms with Crippen LogP contribution in [0.4, 0.5) is 0 Å². The number of nitrogens with one attached hydrogen (secondary N) is 1. The van der Waals surface area contributed by atoms with E-state index in [2.05, 4.69) is 36.7 Å². The third-order valence-corrected chi connectivity index (χ3v) is 4.31. The van der Waals surface area contributed by atoms with Gasteiger partial charge in [0.25, 0.3) is 0 Å². The highest BCUT2D eigenvalue weighted by Crippen LogP contribution is 2.27. The van der Waals surface area contributed by atoms with Crippen LogP contribution in [0.25, 0.3) is 11.0 Å². The Labute approximate surface area is 129 Å². The number of aromatic nitrogens is 2. The number of nitrogens with zero attached hydrogens (tertiary/aromatic N) is 2. The van der Waals surface area contributed by atoms with E-state index in [1.807, 2.05) is 16.7 Å². The maximum atomic E-state index is 12.2. The van der Waals surface area contributed by atoms with Crippen LogP contribution in [0.1, 0.15) is 26.3 Å². The monoisotopic (exact) mass is 305 g/mol. The number of halogens is 1. The zero-order chi connectivity index (χ0) is 15.1. The maximum absolute atomic E-state index is 12.2. The minimum atomic E-state index is -0.0515. The second-order valence-electron chi connectivity index (χ2n) is 6.06. The number of benzene rings is 1. The minimum absolute atomic E-state index is 0.0515. The lowest BCUT2D eigenvalue weighted by Crippen LogP contribution is -2.36. The van der Waals surface area contributed by atoms with Gasteiger partial charge >= 0.3 is 5.69 Å². The summed E-state index contributed by atoms with van der Waals surface area (Å²) in [4.78, 5) is 17.5. The quantitative estimate of drug-likeness (QED) is 0.866. The second-order valence-corrected chi connectivity index (χ2v) is 6.50. The molecule has 3 rings (SSSR count). The standard InChI is InChI=1S/C16H20ClN3O/c1-10(2)4-5-19-9-12-6-13(17)7-14-15(12)20(8-11(19)3)16(21)18-14/h4,6-7,11H,5,8-9H2,1-3H3,(H,18,21)/t11-/m1/s1. The lowest BCUT2D eigenvalue weighted by atomic mass is 10.1. The van der Waals surface area contributed by atoms with E-state index < -0.39 is 0 Å². The van der Waals surface area contributed by atoms with Crippen molar-refractivity contribution in [3.05, 3.63) is 44.9 Å². The number of imidazole rings is 1. The zero-order valence-corrected chi connectivity index (χ0v) is 13.4. The summed E-state index contributed by atoms with van der Waals surface area (Å²) in [5.74, 6) is 0. The third-order valence-electron chi connectivity index (χ3n) is 4.09. The molecule has 21 heavy (non-hydrogen) atoms. The molecule has 1 N–H and O–H groups in total. The molecule has 5 heteroatoms. The van der Waals surface area contributed by atoms with Gasteiger partial charge in [0.1, 0.15) is 0 Å². The highest BCUT2D eigenvalue weighted by Gasteiger charge is 2.23. The Morgan fingerprint density at radius 3 is 2.95 bits per heavy atom. The van der Waals surface area contributed by atoms with Crippen LogP contribution < -0.4 is 5.69 Å². The Morgan fingerprint density at radius 2 is 2.24 bits per heavy atom. The van der Waals surface area contributed by atoms with E-state index in [0.29, 0.717) is 17.6 Å². The van der Waals surface area contributed by atoms with E-state index in [-0.39, 0.29) is 5.69 Å². The molecule has 112 valence electrons. The van der Waals surface area contributed by atoms with Gasteiger partial charge in [-0.3, -0.25) is 9.47 Å². The molecule has 1 aliphatic heterocycles. The van der Waals surface area contributed by atoms with E-state index in [0.717, 1.165) is 29.7 Å². The van der Waals surface area contributed by atoms with E-state index in [1.54, 1.807) is 0 Å². The molecule has 0 amide bonds. The summed E-state index contributed by atoms with van der Waals surface area (Å²) in [6, 6.07) is 4.10. The maximum Gasteiger partial charge on any atom is 0.326 e. The molecule has 2 heterocycles. The lowest BCUT2D eigenvalue weighted by molar-refractivity contribution is 0.210. The van der Waals surface area contributed by atoms with Crippen molar-refractivity contribution in [2.24, 2.45) is 0 Å². The summed E-state index contributed by atoms with van der Waals surface area (Å²) in [6.45, 7) is 8.77. The molecule has 4 nitrogen and oxygen atoms in total. The summed E-state index contributed by atoms with van der Waals surface area (Å²) in [6.07, 6.45) is 2.23. The first-order valence-electron chi connectivity index (χ1n) is 7.24. The van der Waals surface area contributed by atoms with Crippen molar-refractivity contribution >= 4 is 22.6 Å². The van der Waals surface area contributed by atoms with Crippen LogP contribution in [0, 0.1) is 0 Å². The van der Waals surface area contributed by atoms with Crippen LogP contribution in [-0.2, 0) is 13.1 Å². The van der Waals surface area contributed by atoms with E-state index in [9.17, 15) is 4.79 Å². The lowest BCUT2D eigenvalue weighted by Gasteiger charge is -2.26. The highest BCUT2D eigenvalue weighted by molar-refractivity contribution is 6.31. The SMILES string of the molecule is CC(C)=CCN1Cc2cc(Cl)cc3[nH]c(=O)n(c23)C[C@H]1C. The molecule has 2 aromatic rings. The Balaban J connectivity index is 2.10. The number of allylic oxidation sites excluding steroid dienone is 1. The van der Waals surface area contributed by atoms with E-state index >= 15 is 0 Å². The number of hydrogen-bond acceptors (Lipinski definition) is 2. The van der Waals surface area contributed by atoms with Crippen molar-refractivity contribution in [2.45, 2.75) is 39.9 Å². The topological polar surface area (TPSA) is 41.0 Å². The molecular weight excluding hydrogens is 286 g/mol. The molecule has 0 aliphatic carbocycles. The first-order valence-corrected chi connectivity index (χ1v) is 7.62. The fraction of sp³-hybridized carbons (Fsp3) is 0.438. The summed E-state index contributed by atoms with van der Waals surface area (Å²) >= 11 is 6.19. The molecule has 1 aromatic heterocycles. The Kier molecular flexibility index (Phi) is 3.68. The fourth-order valence-electron chi connectivity index (χ4n) is 2.95. The largest absolute Gasteiger partial charge is 0.326 e. The molecular formula is C16H20ClN3O. The first kappa shape index (κ1) is 14.4. The van der Waals surface area contributed by atoms with Gasteiger partial charge in [0, 0.05) is 30.7 Å². The predicted molar refractivity (Wildman–Crippen MR) is 86.9 cm³/mol. The summed E-state index contributed by atoms with van der Waals surface area (Å²) in [7, 11) is 0. The van der Waals surface area contributed by atoms with Gasteiger partial charge in [-0.2, -0.15) is 0 Å². The molecule has 1 atom stereocenters. The zero-order valence-electron chi connectivity index (χ0n) is 12.6. The van der Waals surface area contributed by atoms with E-state index in [4.69, 9.17) is 11.6 Å². The van der Waals surface area contributed by atoms with Gasteiger partial charge in [-0.05, 0) is 38.5 Å². The van der Waals surface area contributed by atoms with Crippen LogP contribution in [0.2, 0.25) is 5.02 Å². The van der Waals surface area contributed by atoms with Crippen LogP contribution in [0.15, 0.2) is 28.6 Å². The molecule has 1 aromatic carbocycles. The third kappa shape index (κ3) is 2.65. The van der Waals surface area contributed by atoms with Gasteiger partial charge in [0.2, 0.25) is 0 Å². The first-order chi connectivity index (χ1) is 9.95. The summed E-state index contributed by atoms with van der Waals surface area (Å²) in [5, 5.41) is 0.669. The molecule has 0 bridgehead atoms. The summed E-state index contributed by atoms with van der Waals surface area (Å²) < 4.78 is 1.84. The number of H-pyrrole nitrogens is 1. The molecule has 0 saturated heterocycles. The average molecular weight is 306 g/mol. The normalized spacial score (nSPS) is 18.8. The van der Waals surface area contributed by atoms with Gasteiger partial charge in [0.05, 0.1) is 11.0 Å². The van der Waals surface area contributed by atoms with Crippen LogP contribution in [-0.4, -0.2) is 27.0 Å². The van der Waals surface area contributed by atoms with E-state index in [1.165, 1.54) is 5.57 Å². The van der Waals surface area contributed by atoms with Crippen LogP contribution in [0.3, 0.4) is 0 Å². The van der Waals surface area contributed by atoms with Crippen molar-refractivity contribution in [1.82, 2.24) is 14.5 Å². The Hall–Kier alpha value is -1.52. The number of hydrogen-bond donors (Lipinski definition) is 1. The average Bonchev–Trinajstić information content (AvgIpc) is 2.61. The Bertz CT molecular complexity index is 768. The Morgan fingerprint density at radius 1 is 1.48 bits per heavy atom. The van der Waals surface area contributed by atoms with Crippen LogP contribution in [0.5, 0.6) is 0 Å². The van der Waals surface area contributed by atoms with Crippen molar-refractivity contribution in [3.8, 4) is 0 Å². The smallest absolute Gasteiger partial charge is 0.305 e. The molecule has 0 spiro atoms. The van der Waals surface area contributed by atoms with Gasteiger partial charge in [0.15, 0.2) is 0 Å². The van der Waals surface area contributed by atoms with Gasteiger partial charge < -0.3 is 4.98 Å². The molecule has 0 radical (unpaired) electrons. The number of aromatic amines is 1. The summed E-state index contributed by atoms with van der Waals surface area (Å²) in [5.41, 5.74) is 4.20. The second kappa shape index (κ2) is 5.35. The van der Waals surface area contributed by atoms with Gasteiger partial charge in [-0.1, -0.05) is 23.3 Å². The van der Waals surface area contributed by atoms with Crippen LogP contribution >= 0.6 is 11.6 Å². The minimum Gasteiger partial charge on any atom is -0.305 e. The molecule has 0 unspecified atom stereocenters.